The monoisotopic (exact) mass is 366 g/mol. The Bertz CT molecular complexity index is 726. The van der Waals surface area contributed by atoms with Gasteiger partial charge in [-0.2, -0.15) is 23.5 Å². The zero-order valence-electron chi connectivity index (χ0n) is 14.8. The lowest BCUT2D eigenvalue weighted by molar-refractivity contribution is 0.662. The number of fused-ring (bicyclic) bond motifs is 3. The smallest absolute Gasteiger partial charge is 0.0196 e. The first-order valence-corrected chi connectivity index (χ1v) is 11.8. The quantitative estimate of drug-likeness (QED) is 0.380. The molecule has 0 saturated heterocycles. The van der Waals surface area contributed by atoms with Gasteiger partial charge in [-0.1, -0.05) is 67.8 Å². The van der Waals surface area contributed by atoms with Crippen LogP contribution in [0.15, 0.2) is 48.5 Å². The van der Waals surface area contributed by atoms with Crippen molar-refractivity contribution in [2.75, 3.05) is 11.5 Å². The van der Waals surface area contributed by atoms with Crippen molar-refractivity contribution >= 4 is 45.1 Å². The van der Waals surface area contributed by atoms with E-state index in [4.69, 9.17) is 0 Å². The van der Waals surface area contributed by atoms with Crippen LogP contribution in [0, 0.1) is 0 Å². The van der Waals surface area contributed by atoms with Gasteiger partial charge in [0.15, 0.2) is 0 Å². The standard InChI is InChI=1S/C23H26S2/c1-2-8-14-24-16-22-18-10-4-6-12-20(18)23(17-25-15-9-3-1)21-13-7-5-11-19(21)22/h4-7,10-13H,1-3,8-9,14-17H2. The molecule has 3 aromatic rings. The van der Waals surface area contributed by atoms with Crippen molar-refractivity contribution in [3.8, 4) is 0 Å². The second-order valence-electron chi connectivity index (χ2n) is 6.92. The summed E-state index contributed by atoms with van der Waals surface area (Å²) in [5.74, 6) is 4.85. The van der Waals surface area contributed by atoms with Crippen LogP contribution in [0.1, 0.15) is 43.2 Å². The molecule has 2 heteroatoms. The highest BCUT2D eigenvalue weighted by Gasteiger charge is 2.13. The summed E-state index contributed by atoms with van der Waals surface area (Å²) in [6.07, 6.45) is 6.95. The maximum atomic E-state index is 2.34. The zero-order valence-corrected chi connectivity index (χ0v) is 16.4. The zero-order chi connectivity index (χ0) is 16.9. The highest BCUT2D eigenvalue weighted by Crippen LogP contribution is 2.37. The molecule has 1 aliphatic rings. The minimum atomic E-state index is 1.13. The molecule has 25 heavy (non-hydrogen) atoms. The molecule has 0 aromatic heterocycles. The second kappa shape index (κ2) is 8.51. The Hall–Kier alpha value is -1.12. The van der Waals surface area contributed by atoms with Crippen LogP contribution < -0.4 is 0 Å². The fourth-order valence-electron chi connectivity index (χ4n) is 3.91. The largest absolute Gasteiger partial charge is 0.157 e. The minimum Gasteiger partial charge on any atom is -0.157 e. The average molecular weight is 367 g/mol. The third kappa shape index (κ3) is 3.85. The van der Waals surface area contributed by atoms with Crippen LogP contribution in [0.25, 0.3) is 21.5 Å². The normalized spacial score (nSPS) is 17.4. The molecule has 3 aromatic carbocycles. The fourth-order valence-corrected chi connectivity index (χ4v) is 6.04. The van der Waals surface area contributed by atoms with Crippen molar-refractivity contribution in [3.05, 3.63) is 59.7 Å². The fraction of sp³-hybridized carbons (Fsp3) is 0.391. The highest BCUT2D eigenvalue weighted by atomic mass is 32.2. The first kappa shape index (κ1) is 17.3. The molecule has 0 unspecified atom stereocenters. The number of rotatable bonds is 0. The molecule has 0 nitrogen and oxygen atoms in total. The molecule has 0 N–H and O–H groups in total. The number of benzene rings is 3. The average Bonchev–Trinajstić information content (AvgIpc) is 2.67. The summed E-state index contributed by atoms with van der Waals surface area (Å²) in [6, 6.07) is 18.2. The lowest BCUT2D eigenvalue weighted by Gasteiger charge is -2.16. The van der Waals surface area contributed by atoms with Crippen LogP contribution in [0.3, 0.4) is 0 Å². The van der Waals surface area contributed by atoms with Gasteiger partial charge in [-0.3, -0.25) is 0 Å². The minimum absolute atomic E-state index is 1.13. The van der Waals surface area contributed by atoms with Crippen LogP contribution >= 0.6 is 23.5 Å². The van der Waals surface area contributed by atoms with Gasteiger partial charge in [0.1, 0.15) is 0 Å². The van der Waals surface area contributed by atoms with E-state index in [0.717, 1.165) is 11.5 Å². The Morgan fingerprint density at radius 2 is 0.840 bits per heavy atom. The van der Waals surface area contributed by atoms with Crippen molar-refractivity contribution < 1.29 is 0 Å². The van der Waals surface area contributed by atoms with E-state index in [-0.39, 0.29) is 0 Å². The molecular weight excluding hydrogens is 340 g/mol. The Morgan fingerprint density at radius 1 is 0.480 bits per heavy atom. The lowest BCUT2D eigenvalue weighted by Crippen LogP contribution is -1.95. The van der Waals surface area contributed by atoms with Crippen LogP contribution in [-0.2, 0) is 11.5 Å². The predicted octanol–water partition coefficient (Wildman–Crippen LogP) is 7.42. The molecule has 0 radical (unpaired) electrons. The Morgan fingerprint density at radius 3 is 1.24 bits per heavy atom. The van der Waals surface area contributed by atoms with Gasteiger partial charge in [-0.15, -0.1) is 0 Å². The lowest BCUT2D eigenvalue weighted by atomic mass is 9.93. The van der Waals surface area contributed by atoms with Crippen molar-refractivity contribution in [1.82, 2.24) is 0 Å². The van der Waals surface area contributed by atoms with E-state index in [1.807, 2.05) is 0 Å². The predicted molar refractivity (Wildman–Crippen MR) is 117 cm³/mol. The molecule has 4 rings (SSSR count). The van der Waals surface area contributed by atoms with Crippen LogP contribution in [-0.4, -0.2) is 11.5 Å². The van der Waals surface area contributed by atoms with E-state index < -0.39 is 0 Å². The van der Waals surface area contributed by atoms with Crippen LogP contribution in [0.5, 0.6) is 0 Å². The topological polar surface area (TPSA) is 0 Å². The van der Waals surface area contributed by atoms with E-state index >= 15 is 0 Å². The number of thioether (sulfide) groups is 2. The Kier molecular flexibility index (Phi) is 5.89. The molecule has 0 aliphatic carbocycles. The first-order valence-electron chi connectivity index (χ1n) is 9.52. The summed E-state index contributed by atoms with van der Waals surface area (Å²) in [7, 11) is 0. The SMILES string of the molecule is c1ccc2c3c4ccccc4c(c2c1)CSCCCCCCCSC3. The van der Waals surface area contributed by atoms with E-state index in [0.29, 0.717) is 0 Å². The van der Waals surface area contributed by atoms with Crippen molar-refractivity contribution in [1.29, 1.82) is 0 Å². The van der Waals surface area contributed by atoms with Gasteiger partial charge in [-0.25, -0.2) is 0 Å². The molecule has 1 aliphatic heterocycles. The maximum absolute atomic E-state index is 2.34. The Balaban J connectivity index is 1.86. The van der Waals surface area contributed by atoms with Crippen LogP contribution in [0.2, 0.25) is 0 Å². The van der Waals surface area contributed by atoms with Gasteiger partial charge >= 0.3 is 0 Å². The van der Waals surface area contributed by atoms with Crippen molar-refractivity contribution in [2.45, 2.75) is 43.6 Å². The molecule has 0 atom stereocenters. The van der Waals surface area contributed by atoms with Gasteiger partial charge < -0.3 is 0 Å². The molecule has 130 valence electrons. The number of hydrogen-bond donors (Lipinski definition) is 0. The second-order valence-corrected chi connectivity index (χ2v) is 9.13. The van der Waals surface area contributed by atoms with Gasteiger partial charge in [-0.05, 0) is 57.0 Å². The molecule has 0 spiro atoms. The van der Waals surface area contributed by atoms with E-state index in [2.05, 4.69) is 72.1 Å². The van der Waals surface area contributed by atoms with Crippen molar-refractivity contribution in [3.63, 3.8) is 0 Å². The van der Waals surface area contributed by atoms with E-state index in [1.165, 1.54) is 65.2 Å². The Labute approximate surface area is 159 Å². The molecule has 0 saturated carbocycles. The maximum Gasteiger partial charge on any atom is 0.0196 e. The van der Waals surface area contributed by atoms with Gasteiger partial charge in [0.25, 0.3) is 0 Å². The molecule has 1 heterocycles. The molecular formula is C23H26S2. The van der Waals surface area contributed by atoms with E-state index in [1.54, 1.807) is 11.1 Å². The van der Waals surface area contributed by atoms with E-state index in [9.17, 15) is 0 Å². The summed E-state index contributed by atoms with van der Waals surface area (Å²) >= 11 is 4.24. The summed E-state index contributed by atoms with van der Waals surface area (Å²) < 4.78 is 0. The molecule has 0 fully saturated rings. The molecule has 0 amide bonds. The summed E-state index contributed by atoms with van der Waals surface area (Å²) in [5.41, 5.74) is 3.08. The summed E-state index contributed by atoms with van der Waals surface area (Å²) in [4.78, 5) is 0. The third-order valence-corrected chi connectivity index (χ3v) is 7.37. The first-order chi connectivity index (χ1) is 12.4. The third-order valence-electron chi connectivity index (χ3n) is 5.22. The van der Waals surface area contributed by atoms with Gasteiger partial charge in [0.05, 0.1) is 0 Å². The van der Waals surface area contributed by atoms with Gasteiger partial charge in [0, 0.05) is 11.5 Å². The summed E-state index contributed by atoms with van der Waals surface area (Å²) in [6.45, 7) is 0. The van der Waals surface area contributed by atoms with Gasteiger partial charge in [0.2, 0.25) is 0 Å². The van der Waals surface area contributed by atoms with Crippen molar-refractivity contribution in [2.24, 2.45) is 0 Å². The van der Waals surface area contributed by atoms with Crippen LogP contribution in [0.4, 0.5) is 0 Å². The highest BCUT2D eigenvalue weighted by molar-refractivity contribution is 7.98. The number of hydrogen-bond acceptors (Lipinski definition) is 2. The molecule has 2 bridgehead atoms. The summed E-state index contributed by atoms with van der Waals surface area (Å²) in [5, 5.41) is 5.89.